The quantitative estimate of drug-likeness (QED) is 0.440. The van der Waals surface area contributed by atoms with E-state index in [1.807, 2.05) is 6.07 Å². The van der Waals surface area contributed by atoms with Crippen LogP contribution in [0.4, 0.5) is 5.82 Å². The standard InChI is InChI=1S/C20H25N5O5/c1-4-14(26)10-29-19-15(18(27)25-30-11-20(2,3)28)16(22)23-17(24-19)13-7-5-6-12(8-13)9-21/h5-8,14,26,28H,4,10-11H2,1-3H3,(H,25,27)(H2,22,23,24)/t14-/m0/s1. The van der Waals surface area contributed by atoms with Crippen molar-refractivity contribution >= 4 is 11.7 Å². The predicted octanol–water partition coefficient (Wildman–Crippen LogP) is 1.18. The highest BCUT2D eigenvalue weighted by Gasteiger charge is 2.23. The molecule has 0 aliphatic rings. The first-order chi connectivity index (χ1) is 14.1. The van der Waals surface area contributed by atoms with Crippen molar-refractivity contribution in [3.63, 3.8) is 0 Å². The van der Waals surface area contributed by atoms with E-state index >= 15 is 0 Å². The maximum atomic E-state index is 12.6. The average molecular weight is 415 g/mol. The number of anilines is 1. The number of nitrogens with one attached hydrogen (secondary N) is 1. The number of nitrogen functional groups attached to an aromatic ring is 1. The van der Waals surface area contributed by atoms with Crippen LogP contribution in [0.15, 0.2) is 24.3 Å². The van der Waals surface area contributed by atoms with Crippen LogP contribution < -0.4 is 16.0 Å². The minimum absolute atomic E-state index is 0.116. The molecular weight excluding hydrogens is 390 g/mol. The maximum absolute atomic E-state index is 12.6. The topological polar surface area (TPSA) is 164 Å². The largest absolute Gasteiger partial charge is 0.474 e. The lowest BCUT2D eigenvalue weighted by Gasteiger charge is -2.18. The highest BCUT2D eigenvalue weighted by molar-refractivity contribution is 6.00. The van der Waals surface area contributed by atoms with Gasteiger partial charge in [-0.25, -0.2) is 10.5 Å². The second-order valence-corrected chi connectivity index (χ2v) is 7.21. The number of aliphatic hydroxyl groups excluding tert-OH is 1. The number of hydroxylamine groups is 1. The third-order valence-electron chi connectivity index (χ3n) is 3.85. The van der Waals surface area contributed by atoms with Crippen molar-refractivity contribution in [2.75, 3.05) is 18.9 Å². The van der Waals surface area contributed by atoms with E-state index in [2.05, 4.69) is 15.4 Å². The summed E-state index contributed by atoms with van der Waals surface area (Å²) in [5, 5.41) is 28.6. The third-order valence-corrected chi connectivity index (χ3v) is 3.85. The predicted molar refractivity (Wildman–Crippen MR) is 108 cm³/mol. The molecule has 1 aromatic carbocycles. The molecule has 0 aliphatic carbocycles. The number of ether oxygens (including phenoxy) is 1. The minimum Gasteiger partial charge on any atom is -0.474 e. The van der Waals surface area contributed by atoms with Crippen LogP contribution in [0.1, 0.15) is 43.1 Å². The molecule has 5 N–H and O–H groups in total. The summed E-state index contributed by atoms with van der Waals surface area (Å²) in [5.41, 5.74) is 7.75. The van der Waals surface area contributed by atoms with Gasteiger partial charge < -0.3 is 20.7 Å². The number of rotatable bonds is 9. The van der Waals surface area contributed by atoms with E-state index in [0.717, 1.165) is 0 Å². The average Bonchev–Trinajstić information content (AvgIpc) is 2.70. The van der Waals surface area contributed by atoms with Crippen molar-refractivity contribution < 1.29 is 24.6 Å². The molecule has 1 amide bonds. The molecule has 0 saturated heterocycles. The summed E-state index contributed by atoms with van der Waals surface area (Å²) in [6.45, 7) is 4.53. The number of amides is 1. The van der Waals surface area contributed by atoms with E-state index in [1.165, 1.54) is 13.8 Å². The van der Waals surface area contributed by atoms with Crippen LogP contribution in [-0.2, 0) is 4.84 Å². The second kappa shape index (κ2) is 9.98. The molecule has 1 atom stereocenters. The van der Waals surface area contributed by atoms with Gasteiger partial charge in [0.05, 0.1) is 23.3 Å². The fourth-order valence-electron chi connectivity index (χ4n) is 2.25. The van der Waals surface area contributed by atoms with Crippen molar-refractivity contribution in [1.82, 2.24) is 15.4 Å². The summed E-state index contributed by atoms with van der Waals surface area (Å²) >= 11 is 0. The van der Waals surface area contributed by atoms with Crippen molar-refractivity contribution in [3.8, 4) is 23.3 Å². The second-order valence-electron chi connectivity index (χ2n) is 7.21. The number of carbonyl (C=O) groups is 1. The summed E-state index contributed by atoms with van der Waals surface area (Å²) in [6.07, 6.45) is -0.331. The van der Waals surface area contributed by atoms with Crippen LogP contribution >= 0.6 is 0 Å². The van der Waals surface area contributed by atoms with Crippen LogP contribution in [0.25, 0.3) is 11.4 Å². The highest BCUT2D eigenvalue weighted by Crippen LogP contribution is 2.26. The number of aromatic nitrogens is 2. The van der Waals surface area contributed by atoms with Gasteiger partial charge in [0.15, 0.2) is 5.82 Å². The smallest absolute Gasteiger partial charge is 0.284 e. The van der Waals surface area contributed by atoms with Gasteiger partial charge in [-0.3, -0.25) is 9.63 Å². The van der Waals surface area contributed by atoms with Crippen LogP contribution in [0.5, 0.6) is 5.88 Å². The van der Waals surface area contributed by atoms with Crippen molar-refractivity contribution in [2.45, 2.75) is 38.9 Å². The Bertz CT molecular complexity index is 936. The lowest BCUT2D eigenvalue weighted by atomic mass is 10.1. The van der Waals surface area contributed by atoms with Crippen molar-refractivity contribution in [2.24, 2.45) is 0 Å². The summed E-state index contributed by atoms with van der Waals surface area (Å²) in [4.78, 5) is 26.0. The fourth-order valence-corrected chi connectivity index (χ4v) is 2.25. The molecule has 2 rings (SSSR count). The molecule has 0 fully saturated rings. The molecule has 10 heteroatoms. The SMILES string of the molecule is CC[C@H](O)COc1nc(-c2cccc(C#N)c2)nc(N)c1C(=O)NOCC(C)(C)O. The Morgan fingerprint density at radius 1 is 1.40 bits per heavy atom. The zero-order chi connectivity index (χ0) is 22.3. The first kappa shape index (κ1) is 23.0. The van der Waals surface area contributed by atoms with Gasteiger partial charge in [-0.15, -0.1) is 0 Å². The lowest BCUT2D eigenvalue weighted by molar-refractivity contribution is -0.0523. The van der Waals surface area contributed by atoms with Crippen molar-refractivity contribution in [3.05, 3.63) is 35.4 Å². The molecule has 2 aromatic rings. The van der Waals surface area contributed by atoms with E-state index < -0.39 is 17.6 Å². The molecule has 1 aromatic heterocycles. The number of hydrogen-bond donors (Lipinski definition) is 4. The fraction of sp³-hybridized carbons (Fsp3) is 0.400. The zero-order valence-corrected chi connectivity index (χ0v) is 17.0. The highest BCUT2D eigenvalue weighted by atomic mass is 16.7. The molecule has 0 spiro atoms. The summed E-state index contributed by atoms with van der Waals surface area (Å²) < 4.78 is 5.55. The summed E-state index contributed by atoms with van der Waals surface area (Å²) in [5.74, 6) is -0.931. The molecule has 0 radical (unpaired) electrons. The number of hydrogen-bond acceptors (Lipinski definition) is 9. The van der Waals surface area contributed by atoms with Gasteiger partial charge in [-0.05, 0) is 32.4 Å². The number of carbonyl (C=O) groups excluding carboxylic acids is 1. The number of nitriles is 1. The Balaban J connectivity index is 2.39. The third kappa shape index (κ3) is 6.38. The Hall–Kier alpha value is -3.26. The van der Waals surface area contributed by atoms with Gasteiger partial charge >= 0.3 is 0 Å². The molecular formula is C20H25N5O5. The number of aliphatic hydroxyl groups is 2. The molecule has 30 heavy (non-hydrogen) atoms. The number of nitrogens with two attached hydrogens (primary N) is 1. The summed E-state index contributed by atoms with van der Waals surface area (Å²) in [7, 11) is 0. The summed E-state index contributed by atoms with van der Waals surface area (Å²) in [6, 6.07) is 8.58. The van der Waals surface area contributed by atoms with Gasteiger partial charge in [-0.1, -0.05) is 19.1 Å². The molecule has 160 valence electrons. The van der Waals surface area contributed by atoms with Gasteiger partial charge in [0.25, 0.3) is 5.91 Å². The number of nitrogens with zero attached hydrogens (tertiary/aromatic N) is 3. The Labute approximate surface area is 174 Å². The van der Waals surface area contributed by atoms with Crippen molar-refractivity contribution in [1.29, 1.82) is 5.26 Å². The Morgan fingerprint density at radius 3 is 2.77 bits per heavy atom. The molecule has 0 bridgehead atoms. The van der Waals surface area contributed by atoms with Gasteiger partial charge in [0.1, 0.15) is 24.6 Å². The van der Waals surface area contributed by atoms with Crippen LogP contribution in [0.2, 0.25) is 0 Å². The normalized spacial score (nSPS) is 12.1. The van der Waals surface area contributed by atoms with Crippen LogP contribution in [0.3, 0.4) is 0 Å². The first-order valence-corrected chi connectivity index (χ1v) is 9.28. The first-order valence-electron chi connectivity index (χ1n) is 9.28. The molecule has 1 heterocycles. The van der Waals surface area contributed by atoms with E-state index in [0.29, 0.717) is 17.5 Å². The van der Waals surface area contributed by atoms with E-state index in [4.69, 9.17) is 20.6 Å². The van der Waals surface area contributed by atoms with Gasteiger partial charge in [0, 0.05) is 5.56 Å². The molecule has 0 aliphatic heterocycles. The number of benzene rings is 1. The Morgan fingerprint density at radius 2 is 2.13 bits per heavy atom. The van der Waals surface area contributed by atoms with Crippen LogP contribution in [0, 0.1) is 11.3 Å². The molecule has 10 nitrogen and oxygen atoms in total. The monoisotopic (exact) mass is 415 g/mol. The van der Waals surface area contributed by atoms with Gasteiger partial charge in [-0.2, -0.15) is 10.2 Å². The lowest BCUT2D eigenvalue weighted by Crippen LogP contribution is -2.34. The maximum Gasteiger partial charge on any atom is 0.284 e. The van der Waals surface area contributed by atoms with Gasteiger partial charge in [0.2, 0.25) is 5.88 Å². The zero-order valence-electron chi connectivity index (χ0n) is 17.0. The van der Waals surface area contributed by atoms with E-state index in [1.54, 1.807) is 31.2 Å². The Kier molecular flexibility index (Phi) is 7.66. The van der Waals surface area contributed by atoms with Crippen LogP contribution in [-0.4, -0.2) is 51.0 Å². The van der Waals surface area contributed by atoms with E-state index in [-0.39, 0.29) is 36.3 Å². The molecule has 0 saturated carbocycles. The van der Waals surface area contributed by atoms with E-state index in [9.17, 15) is 15.0 Å². The minimum atomic E-state index is -1.16. The molecule has 0 unspecified atom stereocenters.